The molecule has 0 bridgehead atoms. The summed E-state index contributed by atoms with van der Waals surface area (Å²) in [5.41, 5.74) is 0.459. The number of nitrogens with zero attached hydrogens (tertiary/aromatic N) is 4. The number of halogens is 1. The first kappa shape index (κ1) is 23.0. The van der Waals surface area contributed by atoms with Gasteiger partial charge in [-0.2, -0.15) is 14.9 Å². The number of ether oxygens (including phenoxy) is 1. The van der Waals surface area contributed by atoms with E-state index in [0.29, 0.717) is 17.5 Å². The van der Waals surface area contributed by atoms with Gasteiger partial charge in [-0.05, 0) is 45.9 Å². The molecular formula is C21H23ClN6O4. The molecule has 0 aliphatic carbocycles. The fourth-order valence-electron chi connectivity index (χ4n) is 2.67. The number of aromatic nitrogens is 3. The lowest BCUT2D eigenvalue weighted by Gasteiger charge is -2.25. The van der Waals surface area contributed by atoms with Gasteiger partial charge in [-0.15, -0.1) is 0 Å². The van der Waals surface area contributed by atoms with Crippen LogP contribution >= 0.6 is 11.6 Å². The molecule has 0 spiro atoms. The Bertz CT molecular complexity index is 1130. The molecule has 32 heavy (non-hydrogen) atoms. The highest BCUT2D eigenvalue weighted by Gasteiger charge is 2.32. The van der Waals surface area contributed by atoms with Crippen LogP contribution in [0.1, 0.15) is 36.8 Å². The van der Waals surface area contributed by atoms with E-state index < -0.39 is 17.6 Å². The van der Waals surface area contributed by atoms with Crippen LogP contribution in [0.4, 0.5) is 28.1 Å². The van der Waals surface area contributed by atoms with Crippen molar-refractivity contribution >= 4 is 46.9 Å². The topological polar surface area (TPSA) is 122 Å². The Hall–Kier alpha value is -3.66. The van der Waals surface area contributed by atoms with E-state index in [-0.39, 0.29) is 16.4 Å². The standard InChI is InChI=1S/C21H23ClN6O4/c1-12-8-16(23-5)27-19(25-12)26-13-6-7-15(22)14(9-13)18(29)28(17-10-31-11-24-17)20(30)32-21(2,3)4/h6-11H,1-5H3,(H2,23,25,26,27). The third-order valence-corrected chi connectivity index (χ3v) is 4.32. The highest BCUT2D eigenvalue weighted by atomic mass is 35.5. The maximum Gasteiger partial charge on any atom is 0.423 e. The van der Waals surface area contributed by atoms with Crippen LogP contribution in [-0.2, 0) is 4.74 Å². The van der Waals surface area contributed by atoms with E-state index in [1.807, 2.05) is 6.92 Å². The van der Waals surface area contributed by atoms with Crippen LogP contribution in [0, 0.1) is 6.92 Å². The highest BCUT2D eigenvalue weighted by Crippen LogP contribution is 2.27. The summed E-state index contributed by atoms with van der Waals surface area (Å²) >= 11 is 6.30. The summed E-state index contributed by atoms with van der Waals surface area (Å²) in [5, 5.41) is 6.13. The van der Waals surface area contributed by atoms with E-state index in [2.05, 4.69) is 25.6 Å². The van der Waals surface area contributed by atoms with Gasteiger partial charge in [-0.25, -0.2) is 9.78 Å². The summed E-state index contributed by atoms with van der Waals surface area (Å²) in [6, 6.07) is 6.48. The average Bonchev–Trinajstić information content (AvgIpc) is 3.21. The molecule has 10 nitrogen and oxygen atoms in total. The van der Waals surface area contributed by atoms with Gasteiger partial charge in [0, 0.05) is 24.5 Å². The zero-order chi connectivity index (χ0) is 23.5. The second-order valence-electron chi connectivity index (χ2n) is 7.76. The first-order valence-corrected chi connectivity index (χ1v) is 10.0. The average molecular weight is 459 g/mol. The summed E-state index contributed by atoms with van der Waals surface area (Å²) < 4.78 is 10.3. The molecule has 2 N–H and O–H groups in total. The number of carbonyl (C=O) groups is 2. The van der Waals surface area contributed by atoms with Crippen LogP contribution in [0.3, 0.4) is 0 Å². The van der Waals surface area contributed by atoms with Crippen LogP contribution in [0.15, 0.2) is 41.3 Å². The Balaban J connectivity index is 1.95. The smallest absolute Gasteiger partial charge is 0.423 e. The normalized spacial score (nSPS) is 11.1. The summed E-state index contributed by atoms with van der Waals surface area (Å²) in [4.78, 5) is 39.5. The number of benzene rings is 1. The SMILES string of the molecule is CNc1cc(C)nc(Nc2ccc(Cl)c(C(=O)N(C(=O)OC(C)(C)C)c3cocn3)c2)n1. The summed E-state index contributed by atoms with van der Waals surface area (Å²) in [5.74, 6) is 0.199. The van der Waals surface area contributed by atoms with Crippen molar-refractivity contribution in [1.29, 1.82) is 0 Å². The summed E-state index contributed by atoms with van der Waals surface area (Å²) in [6.07, 6.45) is 1.36. The van der Waals surface area contributed by atoms with E-state index in [1.54, 1.807) is 40.0 Å². The zero-order valence-corrected chi connectivity index (χ0v) is 19.0. The maximum absolute atomic E-state index is 13.3. The molecule has 0 saturated heterocycles. The van der Waals surface area contributed by atoms with Gasteiger partial charge in [0.05, 0.1) is 10.6 Å². The van der Waals surface area contributed by atoms with Gasteiger partial charge in [0.2, 0.25) is 5.95 Å². The Morgan fingerprint density at radius 2 is 1.94 bits per heavy atom. The molecule has 2 heterocycles. The molecule has 0 radical (unpaired) electrons. The third kappa shape index (κ3) is 5.52. The molecule has 11 heteroatoms. The van der Waals surface area contributed by atoms with Crippen LogP contribution < -0.4 is 15.5 Å². The Kier molecular flexibility index (Phi) is 6.64. The predicted octanol–water partition coefficient (Wildman–Crippen LogP) is 4.79. The van der Waals surface area contributed by atoms with Crippen molar-refractivity contribution in [2.45, 2.75) is 33.3 Å². The van der Waals surface area contributed by atoms with Crippen LogP contribution in [0.25, 0.3) is 0 Å². The number of imide groups is 1. The van der Waals surface area contributed by atoms with E-state index in [0.717, 1.165) is 23.3 Å². The fourth-order valence-corrected chi connectivity index (χ4v) is 2.87. The highest BCUT2D eigenvalue weighted by molar-refractivity contribution is 6.35. The number of rotatable bonds is 5. The number of amides is 2. The molecule has 0 aliphatic heterocycles. The fraction of sp³-hybridized carbons (Fsp3) is 0.286. The second kappa shape index (κ2) is 9.23. The van der Waals surface area contributed by atoms with Gasteiger partial charge in [0.15, 0.2) is 12.2 Å². The van der Waals surface area contributed by atoms with Crippen molar-refractivity contribution in [1.82, 2.24) is 15.0 Å². The number of nitrogens with one attached hydrogen (secondary N) is 2. The van der Waals surface area contributed by atoms with E-state index >= 15 is 0 Å². The third-order valence-electron chi connectivity index (χ3n) is 3.99. The number of aryl methyl sites for hydroxylation is 1. The summed E-state index contributed by atoms with van der Waals surface area (Å²) in [7, 11) is 1.75. The Labute approximate surface area is 190 Å². The molecule has 0 saturated carbocycles. The number of hydrogen-bond donors (Lipinski definition) is 2. The lowest BCUT2D eigenvalue weighted by atomic mass is 10.1. The van der Waals surface area contributed by atoms with Crippen molar-refractivity contribution in [2.75, 3.05) is 22.6 Å². The minimum atomic E-state index is -0.911. The van der Waals surface area contributed by atoms with Gasteiger partial charge >= 0.3 is 6.09 Å². The molecule has 1 aromatic carbocycles. The predicted molar refractivity (Wildman–Crippen MR) is 121 cm³/mol. The van der Waals surface area contributed by atoms with Crippen molar-refractivity contribution in [3.05, 3.63) is 53.2 Å². The van der Waals surface area contributed by atoms with Crippen molar-refractivity contribution < 1.29 is 18.7 Å². The minimum Gasteiger partial charge on any atom is -0.449 e. The van der Waals surface area contributed by atoms with Crippen LogP contribution in [0.5, 0.6) is 0 Å². The van der Waals surface area contributed by atoms with Crippen molar-refractivity contribution in [3.8, 4) is 0 Å². The molecule has 0 unspecified atom stereocenters. The lowest BCUT2D eigenvalue weighted by Crippen LogP contribution is -2.41. The van der Waals surface area contributed by atoms with E-state index in [4.69, 9.17) is 20.8 Å². The molecule has 2 aromatic heterocycles. The number of carbonyl (C=O) groups excluding carboxylic acids is 2. The van der Waals surface area contributed by atoms with Gasteiger partial charge < -0.3 is 19.8 Å². The zero-order valence-electron chi connectivity index (χ0n) is 18.3. The van der Waals surface area contributed by atoms with Gasteiger partial charge in [0.1, 0.15) is 17.7 Å². The van der Waals surface area contributed by atoms with Crippen LogP contribution in [0.2, 0.25) is 5.02 Å². The Morgan fingerprint density at radius 1 is 1.19 bits per heavy atom. The molecule has 168 valence electrons. The molecule has 0 atom stereocenters. The van der Waals surface area contributed by atoms with Crippen molar-refractivity contribution in [2.24, 2.45) is 0 Å². The first-order chi connectivity index (χ1) is 15.1. The number of hydrogen-bond acceptors (Lipinski definition) is 9. The first-order valence-electron chi connectivity index (χ1n) is 9.63. The Morgan fingerprint density at radius 3 is 2.56 bits per heavy atom. The largest absolute Gasteiger partial charge is 0.449 e. The minimum absolute atomic E-state index is 0.0284. The monoisotopic (exact) mass is 458 g/mol. The molecular weight excluding hydrogens is 436 g/mol. The maximum atomic E-state index is 13.3. The lowest BCUT2D eigenvalue weighted by molar-refractivity contribution is 0.0563. The van der Waals surface area contributed by atoms with E-state index in [1.165, 1.54) is 12.1 Å². The van der Waals surface area contributed by atoms with Gasteiger partial charge in [-0.3, -0.25) is 4.79 Å². The second-order valence-corrected chi connectivity index (χ2v) is 8.16. The van der Waals surface area contributed by atoms with Crippen LogP contribution in [-0.4, -0.2) is 39.6 Å². The summed E-state index contributed by atoms with van der Waals surface area (Å²) in [6.45, 7) is 6.90. The van der Waals surface area contributed by atoms with E-state index in [9.17, 15) is 9.59 Å². The number of oxazole rings is 1. The quantitative estimate of drug-likeness (QED) is 0.555. The van der Waals surface area contributed by atoms with Gasteiger partial charge in [-0.1, -0.05) is 11.6 Å². The molecule has 2 amide bonds. The van der Waals surface area contributed by atoms with Gasteiger partial charge in [0.25, 0.3) is 5.91 Å². The molecule has 3 aromatic rings. The molecule has 0 fully saturated rings. The molecule has 3 rings (SSSR count). The number of anilines is 4. The molecule has 0 aliphatic rings. The van der Waals surface area contributed by atoms with Crippen molar-refractivity contribution in [3.63, 3.8) is 0 Å².